The molecule has 0 radical (unpaired) electrons. The van der Waals surface area contributed by atoms with Gasteiger partial charge in [0.15, 0.2) is 5.78 Å². The van der Waals surface area contributed by atoms with Crippen molar-refractivity contribution in [3.63, 3.8) is 0 Å². The summed E-state index contributed by atoms with van der Waals surface area (Å²) in [6, 6.07) is -0.279. The van der Waals surface area contributed by atoms with Crippen molar-refractivity contribution in [3.05, 3.63) is 0 Å². The molecule has 1 unspecified atom stereocenters. The van der Waals surface area contributed by atoms with Crippen molar-refractivity contribution in [2.75, 3.05) is 13.7 Å². The van der Waals surface area contributed by atoms with E-state index in [9.17, 15) is 14.4 Å². The predicted octanol–water partition coefficient (Wildman–Crippen LogP) is -0.261. The van der Waals surface area contributed by atoms with Crippen molar-refractivity contribution in [2.45, 2.75) is 25.3 Å². The Bertz CT molecular complexity index is 325. The zero-order chi connectivity index (χ0) is 11.0. The van der Waals surface area contributed by atoms with Gasteiger partial charge in [-0.1, -0.05) is 0 Å². The molecular weight excluding hydrogens is 198 g/mol. The minimum absolute atomic E-state index is 0.00143. The Morgan fingerprint density at radius 1 is 1.40 bits per heavy atom. The van der Waals surface area contributed by atoms with Crippen molar-refractivity contribution < 1.29 is 19.1 Å². The summed E-state index contributed by atoms with van der Waals surface area (Å²) >= 11 is 0. The molecule has 2 fully saturated rings. The fourth-order valence-electron chi connectivity index (χ4n) is 2.31. The molecule has 0 aliphatic carbocycles. The number of rotatable bonds is 1. The van der Waals surface area contributed by atoms with Gasteiger partial charge in [-0.3, -0.25) is 14.4 Å². The predicted molar refractivity (Wildman–Crippen MR) is 49.9 cm³/mol. The molecule has 0 N–H and O–H groups in total. The number of esters is 1. The molecule has 0 aromatic carbocycles. The topological polar surface area (TPSA) is 63.7 Å². The highest BCUT2D eigenvalue weighted by molar-refractivity contribution is 6.07. The normalized spacial score (nSPS) is 30.3. The lowest BCUT2D eigenvalue weighted by Crippen LogP contribution is -2.45. The van der Waals surface area contributed by atoms with Gasteiger partial charge in [0.2, 0.25) is 5.91 Å². The highest BCUT2D eigenvalue weighted by Gasteiger charge is 2.43. The van der Waals surface area contributed by atoms with E-state index >= 15 is 0 Å². The molecular formula is C10H13NO4. The summed E-state index contributed by atoms with van der Waals surface area (Å²) in [5.74, 6) is -0.719. The molecule has 0 aromatic rings. The van der Waals surface area contributed by atoms with Gasteiger partial charge in [-0.2, -0.15) is 0 Å². The van der Waals surface area contributed by atoms with E-state index < -0.39 is 0 Å². The van der Waals surface area contributed by atoms with Gasteiger partial charge >= 0.3 is 5.97 Å². The maximum atomic E-state index is 11.4. The first-order valence-corrected chi connectivity index (χ1v) is 5.03. The summed E-state index contributed by atoms with van der Waals surface area (Å²) in [6.45, 7) is 0.335. The Kier molecular flexibility index (Phi) is 2.46. The molecule has 5 heteroatoms. The Labute approximate surface area is 87.4 Å². The van der Waals surface area contributed by atoms with E-state index in [0.29, 0.717) is 19.4 Å². The first-order chi connectivity index (χ1) is 7.13. The van der Waals surface area contributed by atoms with Crippen LogP contribution in [0.15, 0.2) is 0 Å². The van der Waals surface area contributed by atoms with Crippen LogP contribution in [-0.4, -0.2) is 42.3 Å². The van der Waals surface area contributed by atoms with E-state index in [-0.39, 0.29) is 36.0 Å². The maximum Gasteiger partial charge on any atom is 0.310 e. The van der Waals surface area contributed by atoms with Crippen molar-refractivity contribution in [2.24, 2.45) is 5.92 Å². The molecule has 2 saturated heterocycles. The number of fused-ring (bicyclic) bond motifs is 1. The Hall–Kier alpha value is -1.39. The number of amides is 1. The smallest absolute Gasteiger partial charge is 0.310 e. The van der Waals surface area contributed by atoms with Crippen LogP contribution in [0.3, 0.4) is 0 Å². The number of piperidine rings is 1. The number of carbonyl (C=O) groups excluding carboxylic acids is 3. The second-order valence-electron chi connectivity index (χ2n) is 4.00. The molecule has 1 amide bonds. The zero-order valence-electron chi connectivity index (χ0n) is 8.56. The molecule has 15 heavy (non-hydrogen) atoms. The van der Waals surface area contributed by atoms with Crippen LogP contribution in [0.4, 0.5) is 0 Å². The van der Waals surface area contributed by atoms with Crippen LogP contribution in [0.5, 0.6) is 0 Å². The van der Waals surface area contributed by atoms with Crippen LogP contribution in [0.2, 0.25) is 0 Å². The van der Waals surface area contributed by atoms with E-state index in [1.165, 1.54) is 12.0 Å². The second kappa shape index (κ2) is 3.64. The van der Waals surface area contributed by atoms with Crippen LogP contribution >= 0.6 is 0 Å². The SMILES string of the molecule is COC(=O)[C@@H]1CCC2C(=O)CC(=O)N2C1. The fraction of sp³-hybridized carbons (Fsp3) is 0.700. The van der Waals surface area contributed by atoms with Gasteiger partial charge in [-0.25, -0.2) is 0 Å². The standard InChI is InChI=1S/C10H13NO4/c1-15-10(14)6-2-3-7-8(12)4-9(13)11(7)5-6/h6-7H,2-5H2,1H3/t6-,7?/m1/s1. The largest absolute Gasteiger partial charge is 0.469 e. The van der Waals surface area contributed by atoms with Crippen molar-refractivity contribution in [1.82, 2.24) is 4.90 Å². The van der Waals surface area contributed by atoms with Gasteiger partial charge in [-0.15, -0.1) is 0 Å². The number of nitrogens with zero attached hydrogens (tertiary/aromatic N) is 1. The molecule has 2 aliphatic heterocycles. The summed E-state index contributed by atoms with van der Waals surface area (Å²) < 4.78 is 4.64. The van der Waals surface area contributed by atoms with Crippen LogP contribution in [0, 0.1) is 5.92 Å². The van der Waals surface area contributed by atoms with E-state index in [1.54, 1.807) is 0 Å². The number of methoxy groups -OCH3 is 1. The van der Waals surface area contributed by atoms with Crippen molar-refractivity contribution >= 4 is 17.7 Å². The number of ether oxygens (including phenoxy) is 1. The Balaban J connectivity index is 2.08. The lowest BCUT2D eigenvalue weighted by molar-refractivity contribution is -0.149. The summed E-state index contributed by atoms with van der Waals surface area (Å²) in [7, 11) is 1.34. The molecule has 82 valence electrons. The highest BCUT2D eigenvalue weighted by Crippen LogP contribution is 2.28. The molecule has 5 nitrogen and oxygen atoms in total. The van der Waals surface area contributed by atoms with Crippen LogP contribution in [0.25, 0.3) is 0 Å². The molecule has 0 saturated carbocycles. The summed E-state index contributed by atoms with van der Waals surface area (Å²) in [4.78, 5) is 35.6. The van der Waals surface area contributed by atoms with E-state index in [1.807, 2.05) is 0 Å². The highest BCUT2D eigenvalue weighted by atomic mass is 16.5. The van der Waals surface area contributed by atoms with Crippen molar-refractivity contribution in [3.8, 4) is 0 Å². The van der Waals surface area contributed by atoms with Gasteiger partial charge < -0.3 is 9.64 Å². The molecule has 2 heterocycles. The monoisotopic (exact) mass is 211 g/mol. The first kappa shape index (κ1) is 10.1. The third-order valence-electron chi connectivity index (χ3n) is 3.13. The molecule has 2 aliphatic rings. The quantitative estimate of drug-likeness (QED) is 0.443. The van der Waals surface area contributed by atoms with Gasteiger partial charge in [0.25, 0.3) is 0 Å². The minimum Gasteiger partial charge on any atom is -0.469 e. The average molecular weight is 211 g/mol. The van der Waals surface area contributed by atoms with Crippen molar-refractivity contribution in [1.29, 1.82) is 0 Å². The van der Waals surface area contributed by atoms with Gasteiger partial charge in [0.1, 0.15) is 0 Å². The van der Waals surface area contributed by atoms with Gasteiger partial charge in [0.05, 0.1) is 25.5 Å². The number of Topliss-reactive ketones (excluding diaryl/α,β-unsaturated/α-hetero) is 1. The minimum atomic E-state index is -0.291. The molecule has 0 spiro atoms. The van der Waals surface area contributed by atoms with Gasteiger partial charge in [-0.05, 0) is 12.8 Å². The number of hydrogen-bond acceptors (Lipinski definition) is 4. The average Bonchev–Trinajstić information content (AvgIpc) is 2.53. The first-order valence-electron chi connectivity index (χ1n) is 5.03. The fourth-order valence-corrected chi connectivity index (χ4v) is 2.31. The van der Waals surface area contributed by atoms with E-state index in [4.69, 9.17) is 0 Å². The van der Waals surface area contributed by atoms with Crippen LogP contribution < -0.4 is 0 Å². The number of hydrogen-bond donors (Lipinski definition) is 0. The molecule has 0 bridgehead atoms. The summed E-state index contributed by atoms with van der Waals surface area (Å²) in [5.41, 5.74) is 0. The maximum absolute atomic E-state index is 11.4. The van der Waals surface area contributed by atoms with E-state index in [2.05, 4.69) is 4.74 Å². The Morgan fingerprint density at radius 3 is 2.80 bits per heavy atom. The molecule has 0 aromatic heterocycles. The number of carbonyl (C=O) groups is 3. The summed E-state index contributed by atoms with van der Waals surface area (Å²) in [6.07, 6.45) is 1.22. The lowest BCUT2D eigenvalue weighted by Gasteiger charge is -2.32. The molecule has 2 atom stereocenters. The van der Waals surface area contributed by atoms with E-state index in [0.717, 1.165) is 0 Å². The molecule has 2 rings (SSSR count). The third kappa shape index (κ3) is 1.62. The lowest BCUT2D eigenvalue weighted by atomic mass is 9.93. The Morgan fingerprint density at radius 2 is 2.13 bits per heavy atom. The number of ketones is 1. The van der Waals surface area contributed by atoms with Gasteiger partial charge in [0, 0.05) is 6.54 Å². The van der Waals surface area contributed by atoms with Crippen LogP contribution in [-0.2, 0) is 19.1 Å². The zero-order valence-corrected chi connectivity index (χ0v) is 8.56. The van der Waals surface area contributed by atoms with Crippen LogP contribution in [0.1, 0.15) is 19.3 Å². The summed E-state index contributed by atoms with van der Waals surface area (Å²) in [5, 5.41) is 0. The second-order valence-corrected chi connectivity index (χ2v) is 4.00. The third-order valence-corrected chi connectivity index (χ3v) is 3.13.